The van der Waals surface area contributed by atoms with Crippen LogP contribution in [0.25, 0.3) is 0 Å². The lowest BCUT2D eigenvalue weighted by molar-refractivity contribution is 0.243. The standard InChI is InChI=1S/C16H24N6O/c1-10(2)14(15-17-7-8-21(15)3)19-16(23)18-13-9-12(11-5-6-11)20-22(13)4/h7-11,14H,5-6H2,1-4H3,(H2,18,19,23). The number of nitrogens with zero attached hydrogens (tertiary/aromatic N) is 4. The van der Waals surface area contributed by atoms with Crippen molar-refractivity contribution in [3.63, 3.8) is 0 Å². The van der Waals surface area contributed by atoms with Crippen LogP contribution in [0.3, 0.4) is 0 Å². The topological polar surface area (TPSA) is 76.8 Å². The Morgan fingerprint density at radius 1 is 1.35 bits per heavy atom. The third-order valence-corrected chi connectivity index (χ3v) is 4.23. The summed E-state index contributed by atoms with van der Waals surface area (Å²) in [6.45, 7) is 4.13. The molecule has 1 aliphatic carbocycles. The van der Waals surface area contributed by atoms with Crippen LogP contribution in [0.4, 0.5) is 10.6 Å². The Morgan fingerprint density at radius 2 is 2.09 bits per heavy atom. The van der Waals surface area contributed by atoms with E-state index in [9.17, 15) is 4.79 Å². The van der Waals surface area contributed by atoms with Gasteiger partial charge in [0.05, 0.1) is 11.7 Å². The molecule has 2 aromatic rings. The normalized spacial score (nSPS) is 15.7. The van der Waals surface area contributed by atoms with Gasteiger partial charge in [-0.25, -0.2) is 9.78 Å². The maximum Gasteiger partial charge on any atom is 0.320 e. The number of nitrogens with one attached hydrogen (secondary N) is 2. The number of aryl methyl sites for hydroxylation is 2. The average molecular weight is 316 g/mol. The summed E-state index contributed by atoms with van der Waals surface area (Å²) < 4.78 is 3.65. The van der Waals surface area contributed by atoms with Gasteiger partial charge in [0.1, 0.15) is 11.6 Å². The third kappa shape index (κ3) is 3.38. The van der Waals surface area contributed by atoms with E-state index < -0.39 is 0 Å². The summed E-state index contributed by atoms with van der Waals surface area (Å²) in [5.74, 6) is 2.36. The number of hydrogen-bond acceptors (Lipinski definition) is 3. The zero-order valence-electron chi connectivity index (χ0n) is 14.1. The van der Waals surface area contributed by atoms with E-state index in [2.05, 4.69) is 34.6 Å². The van der Waals surface area contributed by atoms with E-state index in [0.29, 0.717) is 11.7 Å². The molecule has 0 bridgehead atoms. The molecule has 2 aromatic heterocycles. The van der Waals surface area contributed by atoms with Crippen molar-refractivity contribution in [2.45, 2.75) is 38.6 Å². The molecule has 0 saturated heterocycles. The lowest BCUT2D eigenvalue weighted by Crippen LogP contribution is -2.36. The Balaban J connectivity index is 1.69. The fourth-order valence-electron chi connectivity index (χ4n) is 2.68. The van der Waals surface area contributed by atoms with Gasteiger partial charge in [-0.1, -0.05) is 13.8 Å². The Kier molecular flexibility index (Phi) is 4.11. The number of imidazole rings is 1. The van der Waals surface area contributed by atoms with E-state index in [1.54, 1.807) is 10.9 Å². The van der Waals surface area contributed by atoms with Crippen molar-refractivity contribution in [2.75, 3.05) is 5.32 Å². The summed E-state index contributed by atoms with van der Waals surface area (Å²) >= 11 is 0. The molecule has 23 heavy (non-hydrogen) atoms. The van der Waals surface area contributed by atoms with Gasteiger partial charge in [-0.15, -0.1) is 0 Å². The van der Waals surface area contributed by atoms with E-state index >= 15 is 0 Å². The maximum atomic E-state index is 12.4. The minimum absolute atomic E-state index is 0.147. The number of carbonyl (C=O) groups is 1. The quantitative estimate of drug-likeness (QED) is 0.890. The monoisotopic (exact) mass is 316 g/mol. The first-order chi connectivity index (χ1) is 11.0. The summed E-state index contributed by atoms with van der Waals surface area (Å²) in [4.78, 5) is 16.7. The van der Waals surface area contributed by atoms with Gasteiger partial charge in [0, 0.05) is 38.5 Å². The predicted molar refractivity (Wildman–Crippen MR) is 88.1 cm³/mol. The van der Waals surface area contributed by atoms with Crippen LogP contribution in [0.15, 0.2) is 18.5 Å². The highest BCUT2D eigenvalue weighted by atomic mass is 16.2. The van der Waals surface area contributed by atoms with Crippen molar-refractivity contribution in [1.82, 2.24) is 24.6 Å². The molecule has 0 aliphatic heterocycles. The minimum atomic E-state index is -0.239. The molecule has 1 atom stereocenters. The van der Waals surface area contributed by atoms with E-state index in [0.717, 1.165) is 11.5 Å². The highest BCUT2D eigenvalue weighted by Crippen LogP contribution is 2.39. The van der Waals surface area contributed by atoms with E-state index in [1.165, 1.54) is 12.8 Å². The summed E-state index contributed by atoms with van der Waals surface area (Å²) in [6, 6.07) is 1.57. The number of hydrogen-bond donors (Lipinski definition) is 2. The molecule has 124 valence electrons. The van der Waals surface area contributed by atoms with Crippen LogP contribution in [0.2, 0.25) is 0 Å². The van der Waals surface area contributed by atoms with Crippen molar-refractivity contribution < 1.29 is 4.79 Å². The molecule has 1 unspecified atom stereocenters. The van der Waals surface area contributed by atoms with Crippen molar-refractivity contribution in [3.05, 3.63) is 30.0 Å². The molecule has 1 saturated carbocycles. The summed E-state index contributed by atoms with van der Waals surface area (Å²) in [5.41, 5.74) is 1.06. The highest BCUT2D eigenvalue weighted by molar-refractivity contribution is 5.88. The van der Waals surface area contributed by atoms with Crippen LogP contribution in [-0.2, 0) is 14.1 Å². The SMILES string of the molecule is CC(C)C(NC(=O)Nc1cc(C2CC2)nn1C)c1nccn1C. The second-order valence-corrected chi connectivity index (χ2v) is 6.57. The van der Waals surface area contributed by atoms with Gasteiger partial charge in [0.2, 0.25) is 0 Å². The Hall–Kier alpha value is -2.31. The molecule has 2 heterocycles. The molecule has 7 heteroatoms. The molecular weight excluding hydrogens is 292 g/mol. The maximum absolute atomic E-state index is 12.4. The van der Waals surface area contributed by atoms with Gasteiger partial charge in [-0.2, -0.15) is 5.10 Å². The highest BCUT2D eigenvalue weighted by Gasteiger charge is 2.27. The van der Waals surface area contributed by atoms with Crippen LogP contribution in [0.1, 0.15) is 50.2 Å². The van der Waals surface area contributed by atoms with Crippen LogP contribution in [0.5, 0.6) is 0 Å². The van der Waals surface area contributed by atoms with Crippen molar-refractivity contribution in [2.24, 2.45) is 20.0 Å². The molecule has 0 aromatic carbocycles. The molecular formula is C16H24N6O. The van der Waals surface area contributed by atoms with Crippen LogP contribution >= 0.6 is 0 Å². The van der Waals surface area contributed by atoms with Crippen molar-refractivity contribution in [3.8, 4) is 0 Å². The Labute approximate surface area is 136 Å². The minimum Gasteiger partial charge on any atom is -0.336 e. The third-order valence-electron chi connectivity index (χ3n) is 4.23. The first-order valence-corrected chi connectivity index (χ1v) is 8.04. The zero-order chi connectivity index (χ0) is 16.6. The van der Waals surface area contributed by atoms with Crippen molar-refractivity contribution in [1.29, 1.82) is 0 Å². The van der Waals surface area contributed by atoms with Crippen LogP contribution in [-0.4, -0.2) is 25.4 Å². The smallest absolute Gasteiger partial charge is 0.320 e. The largest absolute Gasteiger partial charge is 0.336 e. The Morgan fingerprint density at radius 3 is 2.65 bits per heavy atom. The van der Waals surface area contributed by atoms with Crippen molar-refractivity contribution >= 4 is 11.8 Å². The second-order valence-electron chi connectivity index (χ2n) is 6.57. The number of amides is 2. The average Bonchev–Trinajstić information content (AvgIpc) is 3.16. The lowest BCUT2D eigenvalue weighted by Gasteiger charge is -2.22. The first-order valence-electron chi connectivity index (χ1n) is 8.04. The number of rotatable bonds is 5. The number of urea groups is 1. The Bertz CT molecular complexity index is 697. The molecule has 2 amide bonds. The molecule has 1 fully saturated rings. The molecule has 7 nitrogen and oxygen atoms in total. The van der Waals surface area contributed by atoms with Crippen LogP contribution in [0, 0.1) is 5.92 Å². The number of aromatic nitrogens is 4. The summed E-state index contributed by atoms with van der Waals surface area (Å²) in [6.07, 6.45) is 6.01. The molecule has 3 rings (SSSR count). The van der Waals surface area contributed by atoms with E-state index in [-0.39, 0.29) is 18.0 Å². The van der Waals surface area contributed by atoms with Gasteiger partial charge in [-0.05, 0) is 18.8 Å². The zero-order valence-corrected chi connectivity index (χ0v) is 14.1. The fourth-order valence-corrected chi connectivity index (χ4v) is 2.68. The second kappa shape index (κ2) is 6.06. The van der Waals surface area contributed by atoms with Crippen LogP contribution < -0.4 is 10.6 Å². The van der Waals surface area contributed by atoms with E-state index in [4.69, 9.17) is 0 Å². The fraction of sp³-hybridized carbons (Fsp3) is 0.562. The van der Waals surface area contributed by atoms with Gasteiger partial charge >= 0.3 is 6.03 Å². The van der Waals surface area contributed by atoms with Gasteiger partial charge in [0.15, 0.2) is 0 Å². The van der Waals surface area contributed by atoms with Gasteiger partial charge in [0.25, 0.3) is 0 Å². The number of anilines is 1. The molecule has 0 spiro atoms. The predicted octanol–water partition coefficient (Wildman–Crippen LogP) is 2.55. The molecule has 1 aliphatic rings. The number of carbonyl (C=O) groups excluding carboxylic acids is 1. The summed E-state index contributed by atoms with van der Waals surface area (Å²) in [7, 11) is 3.78. The molecule has 0 radical (unpaired) electrons. The van der Waals surface area contributed by atoms with Gasteiger partial charge in [-0.3, -0.25) is 10.00 Å². The lowest BCUT2D eigenvalue weighted by atomic mass is 10.0. The van der Waals surface area contributed by atoms with E-state index in [1.807, 2.05) is 30.9 Å². The summed E-state index contributed by atoms with van der Waals surface area (Å²) in [5, 5.41) is 10.4. The molecule has 2 N–H and O–H groups in total. The first kappa shape index (κ1) is 15.6. The van der Waals surface area contributed by atoms with Gasteiger partial charge < -0.3 is 9.88 Å².